The monoisotopic (exact) mass is 292 g/mol. The molecule has 0 spiro atoms. The maximum absolute atomic E-state index is 2.30. The number of hydrogen-bond acceptors (Lipinski definition) is 0. The molecule has 0 atom stereocenters. The third-order valence-corrected chi connectivity index (χ3v) is 5.31. The van der Waals surface area contributed by atoms with Gasteiger partial charge < -0.3 is 0 Å². The molecule has 0 saturated carbocycles. The SMILES string of the molecule is CCCCCCCCCCCCCCCCC[CH2][K]. The molecule has 0 aliphatic carbocycles. The van der Waals surface area contributed by atoms with Gasteiger partial charge in [0, 0.05) is 0 Å². The van der Waals surface area contributed by atoms with Crippen LogP contribution in [0.25, 0.3) is 0 Å². The van der Waals surface area contributed by atoms with Gasteiger partial charge in [0.15, 0.2) is 0 Å². The van der Waals surface area contributed by atoms with E-state index >= 15 is 0 Å². The Kier molecular flexibility index (Phi) is 21.3. The van der Waals surface area contributed by atoms with Gasteiger partial charge in [-0.3, -0.25) is 0 Å². The van der Waals surface area contributed by atoms with Crippen LogP contribution in [0.1, 0.15) is 110 Å². The first kappa shape index (κ1) is 20.6. The van der Waals surface area contributed by atoms with Crippen molar-refractivity contribution in [1.29, 1.82) is 0 Å². The van der Waals surface area contributed by atoms with Gasteiger partial charge in [-0.05, 0) is 0 Å². The summed E-state index contributed by atoms with van der Waals surface area (Å²) in [5.74, 6) is 0. The Morgan fingerprint density at radius 3 is 0.947 bits per heavy atom. The molecule has 0 bridgehead atoms. The Morgan fingerprint density at radius 2 is 0.684 bits per heavy atom. The molecule has 1 heteroatoms. The molecule has 0 aromatic rings. The summed E-state index contributed by atoms with van der Waals surface area (Å²) in [7, 11) is 0. The van der Waals surface area contributed by atoms with Crippen molar-refractivity contribution in [3.05, 3.63) is 0 Å². The first-order chi connectivity index (χ1) is 9.41. The molecular formula is C18H37K. The Bertz CT molecular complexity index is 129. The standard InChI is InChI=1S/C18H37.K/c1-3-5-7-9-11-13-15-17-18-16-14-12-10-8-6-4-2;/h1,3-18H2,2H3;. The average Bonchev–Trinajstić information content (AvgIpc) is 2.43. The summed E-state index contributed by atoms with van der Waals surface area (Å²) in [6, 6.07) is 0. The van der Waals surface area contributed by atoms with E-state index in [0.29, 0.717) is 0 Å². The van der Waals surface area contributed by atoms with Gasteiger partial charge in [-0.15, -0.1) is 0 Å². The molecule has 0 fully saturated rings. The van der Waals surface area contributed by atoms with Gasteiger partial charge in [0.25, 0.3) is 0 Å². The maximum atomic E-state index is 2.30. The van der Waals surface area contributed by atoms with Gasteiger partial charge in [-0.2, -0.15) is 0 Å². The molecule has 0 rings (SSSR count). The zero-order valence-electron chi connectivity index (χ0n) is 14.0. The van der Waals surface area contributed by atoms with Crippen LogP contribution < -0.4 is 0 Å². The molecular weight excluding hydrogens is 255 g/mol. The fourth-order valence-corrected chi connectivity index (χ4v) is 3.58. The van der Waals surface area contributed by atoms with E-state index in [0.717, 1.165) is 49.0 Å². The van der Waals surface area contributed by atoms with Gasteiger partial charge in [0.1, 0.15) is 0 Å². The van der Waals surface area contributed by atoms with Crippen LogP contribution in [0.15, 0.2) is 0 Å². The predicted molar refractivity (Wildman–Crippen MR) is 90.1 cm³/mol. The van der Waals surface area contributed by atoms with E-state index in [1.807, 2.05) is 0 Å². The van der Waals surface area contributed by atoms with Crippen molar-refractivity contribution in [1.82, 2.24) is 0 Å². The quantitative estimate of drug-likeness (QED) is 0.216. The second kappa shape index (κ2) is 19.6. The van der Waals surface area contributed by atoms with Crippen molar-refractivity contribution in [2.24, 2.45) is 0 Å². The van der Waals surface area contributed by atoms with E-state index < -0.39 is 0 Å². The summed E-state index contributed by atoms with van der Waals surface area (Å²) in [5, 5.41) is 0. The summed E-state index contributed by atoms with van der Waals surface area (Å²) in [4.78, 5) is 0. The molecule has 0 aromatic heterocycles. The molecule has 0 radical (unpaired) electrons. The Hall–Kier alpha value is 1.64. The Labute approximate surface area is 157 Å². The van der Waals surface area contributed by atoms with E-state index in [2.05, 4.69) is 6.92 Å². The van der Waals surface area contributed by atoms with Crippen LogP contribution in [0.4, 0.5) is 0 Å². The molecule has 0 nitrogen and oxygen atoms in total. The number of hydrogen-bond donors (Lipinski definition) is 0. The summed E-state index contributed by atoms with van der Waals surface area (Å²) in [6.45, 7) is 2.30. The van der Waals surface area contributed by atoms with Crippen LogP contribution in [0.3, 0.4) is 0 Å². The third kappa shape index (κ3) is 19.6. The van der Waals surface area contributed by atoms with Crippen LogP contribution in [0, 0.1) is 0 Å². The molecule has 0 aromatic carbocycles. The van der Waals surface area contributed by atoms with Gasteiger partial charge >= 0.3 is 120 Å². The minimum absolute atomic E-state index is 1.10. The fourth-order valence-electron chi connectivity index (χ4n) is 2.80. The van der Waals surface area contributed by atoms with Crippen molar-refractivity contribution < 1.29 is 0 Å². The predicted octanol–water partition coefficient (Wildman–Crippen LogP) is 6.83. The summed E-state index contributed by atoms with van der Waals surface area (Å²) in [6.07, 6.45) is 23.8. The summed E-state index contributed by atoms with van der Waals surface area (Å²) in [5.41, 5.74) is 0. The molecule has 110 valence electrons. The summed E-state index contributed by atoms with van der Waals surface area (Å²) < 4.78 is 1.56. The zero-order chi connectivity index (χ0) is 14.0. The first-order valence-electron chi connectivity index (χ1n) is 9.41. The van der Waals surface area contributed by atoms with E-state index in [-0.39, 0.29) is 0 Å². The second-order valence-corrected chi connectivity index (χ2v) is 7.86. The fraction of sp³-hybridized carbons (Fsp3) is 1.00. The van der Waals surface area contributed by atoms with Gasteiger partial charge in [0.05, 0.1) is 0 Å². The molecule has 0 N–H and O–H groups in total. The average molecular weight is 293 g/mol. The van der Waals surface area contributed by atoms with Crippen molar-refractivity contribution >= 4 is 49.0 Å². The minimum atomic E-state index is 1.10. The molecule has 0 aliphatic heterocycles. The van der Waals surface area contributed by atoms with E-state index in [9.17, 15) is 0 Å². The van der Waals surface area contributed by atoms with Gasteiger partial charge in [-0.1, -0.05) is 39.0 Å². The van der Waals surface area contributed by atoms with Gasteiger partial charge in [-0.25, -0.2) is 0 Å². The molecule has 0 heterocycles. The van der Waals surface area contributed by atoms with E-state index in [1.165, 1.54) is 103 Å². The normalized spacial score (nSPS) is 11.1. The van der Waals surface area contributed by atoms with Crippen LogP contribution in [-0.2, 0) is 0 Å². The van der Waals surface area contributed by atoms with Crippen molar-refractivity contribution in [3.8, 4) is 0 Å². The molecule has 0 amide bonds. The topological polar surface area (TPSA) is 0 Å². The third-order valence-electron chi connectivity index (χ3n) is 4.21. The van der Waals surface area contributed by atoms with Crippen LogP contribution in [0.5, 0.6) is 0 Å². The van der Waals surface area contributed by atoms with Crippen molar-refractivity contribution in [2.75, 3.05) is 0 Å². The van der Waals surface area contributed by atoms with E-state index in [1.54, 1.807) is 0.515 Å². The Morgan fingerprint density at radius 1 is 0.421 bits per heavy atom. The number of rotatable bonds is 16. The molecule has 0 saturated heterocycles. The second-order valence-electron chi connectivity index (χ2n) is 6.30. The number of unbranched alkanes of at least 4 members (excludes halogenated alkanes) is 15. The van der Waals surface area contributed by atoms with E-state index in [4.69, 9.17) is 0 Å². The summed E-state index contributed by atoms with van der Waals surface area (Å²) >= 11 is 1.10. The zero-order valence-corrected chi connectivity index (χ0v) is 17.1. The van der Waals surface area contributed by atoms with Crippen molar-refractivity contribution in [3.63, 3.8) is 0 Å². The van der Waals surface area contributed by atoms with Gasteiger partial charge in [0.2, 0.25) is 0 Å². The van der Waals surface area contributed by atoms with Crippen LogP contribution in [-0.4, -0.2) is 49.0 Å². The molecule has 0 unspecified atom stereocenters. The van der Waals surface area contributed by atoms with Crippen LogP contribution >= 0.6 is 0 Å². The van der Waals surface area contributed by atoms with Crippen LogP contribution in [0.2, 0.25) is 0.515 Å². The molecule has 0 aliphatic rings. The Balaban J connectivity index is 2.88. The molecule has 19 heavy (non-hydrogen) atoms. The first-order valence-corrected chi connectivity index (χ1v) is 11.6. The van der Waals surface area contributed by atoms with Crippen molar-refractivity contribution in [2.45, 2.75) is 110 Å².